The Kier molecular flexibility index (Phi) is 4.31. The normalized spacial score (nSPS) is 13.0. The minimum atomic E-state index is -4.84. The fraction of sp³-hybridized carbons (Fsp3) is 0.286. The summed E-state index contributed by atoms with van der Waals surface area (Å²) in [7, 11) is -9.66. The van der Waals surface area contributed by atoms with Gasteiger partial charge in [0.25, 0.3) is 20.2 Å². The third-order valence-electron chi connectivity index (χ3n) is 3.18. The van der Waals surface area contributed by atoms with Crippen LogP contribution in [0.15, 0.2) is 40.1 Å². The molecule has 0 aliphatic carbocycles. The summed E-state index contributed by atoms with van der Waals surface area (Å²) in [6.07, 6.45) is 0.239. The van der Waals surface area contributed by atoms with E-state index in [4.69, 9.17) is 0 Å². The quantitative estimate of drug-likeness (QED) is 0.825. The van der Waals surface area contributed by atoms with Crippen molar-refractivity contribution < 1.29 is 25.9 Å². The van der Waals surface area contributed by atoms with Gasteiger partial charge in [-0.2, -0.15) is 16.8 Å². The van der Waals surface area contributed by atoms with Crippen molar-refractivity contribution in [3.63, 3.8) is 0 Å². The Balaban J connectivity index is 3.08. The first-order chi connectivity index (χ1) is 10.0. The maximum absolute atomic E-state index is 11.7. The minimum Gasteiger partial charge on any atom is -0.282 e. The van der Waals surface area contributed by atoms with Gasteiger partial charge in [0.15, 0.2) is 0 Å². The van der Waals surface area contributed by atoms with E-state index in [1.807, 2.05) is 13.8 Å². The Bertz CT molecular complexity index is 927. The van der Waals surface area contributed by atoms with Gasteiger partial charge in [0.2, 0.25) is 0 Å². The summed E-state index contributed by atoms with van der Waals surface area (Å²) in [6, 6.07) is 7.70. The Morgan fingerprint density at radius 3 is 2.00 bits per heavy atom. The Morgan fingerprint density at radius 2 is 1.50 bits per heavy atom. The standard InChI is InChI=1S/C14H16O6S2/c1-9(2)7-11-8-10-5-3-4-6-12(10)14(22(18,19)20)13(11)21(15,16)17/h3-6,8-9H,7H2,1-2H3,(H,15,16,17)(H,18,19,20). The molecule has 0 heterocycles. The second-order valence-corrected chi connectivity index (χ2v) is 8.18. The molecule has 0 bridgehead atoms. The second kappa shape index (κ2) is 5.62. The van der Waals surface area contributed by atoms with Crippen LogP contribution in [0.2, 0.25) is 0 Å². The summed E-state index contributed by atoms with van der Waals surface area (Å²) in [6.45, 7) is 3.66. The predicted molar refractivity (Wildman–Crippen MR) is 82.1 cm³/mol. The topological polar surface area (TPSA) is 109 Å². The molecule has 0 radical (unpaired) electrons. The van der Waals surface area contributed by atoms with Crippen molar-refractivity contribution >= 4 is 31.0 Å². The van der Waals surface area contributed by atoms with E-state index in [2.05, 4.69) is 0 Å². The molecule has 0 aliphatic rings. The van der Waals surface area contributed by atoms with Crippen LogP contribution in [0, 0.1) is 5.92 Å². The molecule has 0 aromatic heterocycles. The van der Waals surface area contributed by atoms with Crippen LogP contribution in [0.5, 0.6) is 0 Å². The highest BCUT2D eigenvalue weighted by molar-refractivity contribution is 7.89. The smallest absolute Gasteiger partial charge is 0.282 e. The third-order valence-corrected chi connectivity index (χ3v) is 5.23. The molecule has 2 aromatic carbocycles. The molecular formula is C14H16O6S2. The lowest BCUT2D eigenvalue weighted by molar-refractivity contribution is 0.465. The molecule has 22 heavy (non-hydrogen) atoms. The highest BCUT2D eigenvalue weighted by Gasteiger charge is 2.30. The molecule has 120 valence electrons. The van der Waals surface area contributed by atoms with E-state index < -0.39 is 30.0 Å². The molecule has 6 nitrogen and oxygen atoms in total. The summed E-state index contributed by atoms with van der Waals surface area (Å²) in [4.78, 5) is -1.52. The van der Waals surface area contributed by atoms with Gasteiger partial charge >= 0.3 is 0 Å². The van der Waals surface area contributed by atoms with Gasteiger partial charge in [-0.15, -0.1) is 0 Å². The van der Waals surface area contributed by atoms with Crippen LogP contribution in [0.25, 0.3) is 10.8 Å². The van der Waals surface area contributed by atoms with Crippen LogP contribution in [-0.2, 0) is 26.7 Å². The van der Waals surface area contributed by atoms with E-state index in [0.29, 0.717) is 5.39 Å². The van der Waals surface area contributed by atoms with Gasteiger partial charge in [0.1, 0.15) is 9.79 Å². The van der Waals surface area contributed by atoms with Crippen LogP contribution in [0.1, 0.15) is 19.4 Å². The summed E-state index contributed by atoms with van der Waals surface area (Å²) < 4.78 is 65.9. The van der Waals surface area contributed by atoms with Crippen LogP contribution in [0.3, 0.4) is 0 Å². The molecule has 2 N–H and O–H groups in total. The molecule has 0 unspecified atom stereocenters. The van der Waals surface area contributed by atoms with E-state index >= 15 is 0 Å². The molecule has 0 amide bonds. The van der Waals surface area contributed by atoms with Gasteiger partial charge in [-0.1, -0.05) is 38.1 Å². The van der Waals surface area contributed by atoms with Crippen molar-refractivity contribution in [2.45, 2.75) is 30.1 Å². The molecule has 0 spiro atoms. The van der Waals surface area contributed by atoms with Gasteiger partial charge in [-0.05, 0) is 29.4 Å². The van der Waals surface area contributed by atoms with Gasteiger partial charge < -0.3 is 0 Å². The SMILES string of the molecule is CC(C)Cc1cc2ccccc2c(S(=O)(=O)O)c1S(=O)(=O)O. The summed E-state index contributed by atoms with van der Waals surface area (Å²) in [5.41, 5.74) is 0.156. The van der Waals surface area contributed by atoms with Crippen molar-refractivity contribution in [1.82, 2.24) is 0 Å². The fourth-order valence-electron chi connectivity index (χ4n) is 2.48. The molecule has 0 atom stereocenters. The zero-order valence-electron chi connectivity index (χ0n) is 12.0. The average Bonchev–Trinajstić information content (AvgIpc) is 2.33. The predicted octanol–water partition coefficient (Wildman–Crippen LogP) is 2.53. The molecule has 0 fully saturated rings. The van der Waals surface area contributed by atoms with Gasteiger partial charge in [-0.3, -0.25) is 9.11 Å². The van der Waals surface area contributed by atoms with Crippen molar-refractivity contribution in [1.29, 1.82) is 0 Å². The lowest BCUT2D eigenvalue weighted by Crippen LogP contribution is -2.13. The highest BCUT2D eigenvalue weighted by atomic mass is 32.2. The monoisotopic (exact) mass is 344 g/mol. The van der Waals surface area contributed by atoms with E-state index in [-0.39, 0.29) is 23.3 Å². The van der Waals surface area contributed by atoms with E-state index in [1.54, 1.807) is 12.1 Å². The van der Waals surface area contributed by atoms with E-state index in [9.17, 15) is 25.9 Å². The summed E-state index contributed by atoms with van der Waals surface area (Å²) in [5, 5.41) is 0.517. The molecule has 2 aromatic rings. The maximum atomic E-state index is 11.7. The number of hydrogen-bond acceptors (Lipinski definition) is 4. The van der Waals surface area contributed by atoms with E-state index in [0.717, 1.165) is 0 Å². The number of fused-ring (bicyclic) bond motifs is 1. The molecular weight excluding hydrogens is 328 g/mol. The Morgan fingerprint density at radius 1 is 0.955 bits per heavy atom. The van der Waals surface area contributed by atoms with Crippen LogP contribution in [-0.4, -0.2) is 25.9 Å². The average molecular weight is 344 g/mol. The largest absolute Gasteiger partial charge is 0.296 e. The van der Waals surface area contributed by atoms with Crippen molar-refractivity contribution in [2.24, 2.45) is 5.92 Å². The molecule has 0 saturated carbocycles. The molecule has 2 rings (SSSR count). The molecule has 0 saturated heterocycles. The lowest BCUT2D eigenvalue weighted by atomic mass is 9.99. The van der Waals surface area contributed by atoms with Crippen molar-refractivity contribution in [3.05, 3.63) is 35.9 Å². The van der Waals surface area contributed by atoms with Crippen molar-refractivity contribution in [2.75, 3.05) is 0 Å². The first kappa shape index (κ1) is 16.9. The van der Waals surface area contributed by atoms with Gasteiger partial charge in [0.05, 0.1) is 0 Å². The van der Waals surface area contributed by atoms with Gasteiger partial charge in [-0.25, -0.2) is 0 Å². The molecule has 8 heteroatoms. The van der Waals surface area contributed by atoms with Gasteiger partial charge in [0, 0.05) is 5.39 Å². The minimum absolute atomic E-state index is 0.0240. The zero-order valence-corrected chi connectivity index (χ0v) is 13.6. The fourth-order valence-corrected chi connectivity index (χ4v) is 4.76. The number of rotatable bonds is 4. The third kappa shape index (κ3) is 3.30. The zero-order chi connectivity index (χ0) is 16.7. The Labute approximate surface area is 129 Å². The highest BCUT2D eigenvalue weighted by Crippen LogP contribution is 2.34. The summed E-state index contributed by atoms with van der Waals surface area (Å²) in [5.74, 6) is 0.0240. The van der Waals surface area contributed by atoms with Crippen LogP contribution < -0.4 is 0 Å². The first-order valence-corrected chi connectivity index (χ1v) is 9.39. The lowest BCUT2D eigenvalue weighted by Gasteiger charge is -2.15. The molecule has 0 aliphatic heterocycles. The Hall–Kier alpha value is -1.48. The van der Waals surface area contributed by atoms with Crippen LogP contribution >= 0.6 is 0 Å². The van der Waals surface area contributed by atoms with Crippen LogP contribution in [0.4, 0.5) is 0 Å². The first-order valence-electron chi connectivity index (χ1n) is 6.51. The number of hydrogen-bond donors (Lipinski definition) is 2. The maximum Gasteiger partial charge on any atom is 0.296 e. The van der Waals surface area contributed by atoms with E-state index in [1.165, 1.54) is 18.2 Å². The summed E-state index contributed by atoms with van der Waals surface area (Å²) >= 11 is 0. The number of benzene rings is 2. The second-order valence-electron chi connectivity index (χ2n) is 5.46. The van der Waals surface area contributed by atoms with Crippen molar-refractivity contribution in [3.8, 4) is 0 Å².